The summed E-state index contributed by atoms with van der Waals surface area (Å²) in [6, 6.07) is 3.43. The molecular formula is C12H17FN2O3S. The molecular weight excluding hydrogens is 271 g/mol. The molecule has 2 rings (SSSR count). The highest BCUT2D eigenvalue weighted by Crippen LogP contribution is 2.24. The van der Waals surface area contributed by atoms with Crippen LogP contribution in [0, 0.1) is 11.7 Å². The highest BCUT2D eigenvalue weighted by molar-refractivity contribution is 7.89. The first kappa shape index (κ1) is 14.2. The summed E-state index contributed by atoms with van der Waals surface area (Å²) < 4.78 is 41.6. The molecule has 0 aromatic heterocycles. The van der Waals surface area contributed by atoms with Crippen molar-refractivity contribution in [1.29, 1.82) is 0 Å². The number of rotatable bonds is 3. The highest BCUT2D eigenvalue weighted by Gasteiger charge is 2.24. The van der Waals surface area contributed by atoms with E-state index in [0.717, 1.165) is 19.0 Å². The molecule has 0 radical (unpaired) electrons. The van der Waals surface area contributed by atoms with E-state index < -0.39 is 15.8 Å². The smallest absolute Gasteiger partial charge is 0.238 e. The zero-order valence-corrected chi connectivity index (χ0v) is 11.4. The van der Waals surface area contributed by atoms with Gasteiger partial charge in [0.1, 0.15) is 6.10 Å². The van der Waals surface area contributed by atoms with Gasteiger partial charge in [0, 0.05) is 6.54 Å². The van der Waals surface area contributed by atoms with Crippen LogP contribution in [0.4, 0.5) is 4.39 Å². The summed E-state index contributed by atoms with van der Waals surface area (Å²) in [5, 5.41) is 8.11. The van der Waals surface area contributed by atoms with Gasteiger partial charge in [-0.2, -0.15) is 0 Å². The molecule has 106 valence electrons. The Labute approximate surface area is 112 Å². The maximum absolute atomic E-state index is 13.8. The van der Waals surface area contributed by atoms with E-state index >= 15 is 0 Å². The maximum Gasteiger partial charge on any atom is 0.238 e. The second-order valence-corrected chi connectivity index (χ2v) is 6.33. The molecule has 2 atom stereocenters. The molecule has 0 bridgehead atoms. The van der Waals surface area contributed by atoms with Gasteiger partial charge in [-0.25, -0.2) is 17.9 Å². The molecule has 1 aromatic carbocycles. The highest BCUT2D eigenvalue weighted by atomic mass is 32.2. The molecule has 1 fully saturated rings. The predicted molar refractivity (Wildman–Crippen MR) is 68.8 cm³/mol. The van der Waals surface area contributed by atoms with Crippen molar-refractivity contribution in [3.63, 3.8) is 0 Å². The number of benzene rings is 1. The van der Waals surface area contributed by atoms with Crippen molar-refractivity contribution in [3.8, 4) is 5.75 Å². The van der Waals surface area contributed by atoms with E-state index in [-0.39, 0.29) is 16.7 Å². The second kappa shape index (κ2) is 5.44. The second-order valence-electron chi connectivity index (χ2n) is 4.76. The van der Waals surface area contributed by atoms with E-state index in [1.54, 1.807) is 0 Å². The Hall–Kier alpha value is -1.18. The van der Waals surface area contributed by atoms with Crippen LogP contribution in [0.5, 0.6) is 5.75 Å². The molecule has 2 unspecified atom stereocenters. The fourth-order valence-electron chi connectivity index (χ4n) is 2.04. The Morgan fingerprint density at radius 1 is 1.47 bits per heavy atom. The van der Waals surface area contributed by atoms with Crippen LogP contribution in [-0.4, -0.2) is 27.6 Å². The third-order valence-corrected chi connectivity index (χ3v) is 4.18. The van der Waals surface area contributed by atoms with Gasteiger partial charge in [-0.15, -0.1) is 0 Å². The van der Waals surface area contributed by atoms with Gasteiger partial charge in [-0.1, -0.05) is 6.92 Å². The summed E-state index contributed by atoms with van der Waals surface area (Å²) >= 11 is 0. The molecule has 1 saturated heterocycles. The van der Waals surface area contributed by atoms with E-state index in [9.17, 15) is 12.8 Å². The topological polar surface area (TPSA) is 81.4 Å². The summed E-state index contributed by atoms with van der Waals surface area (Å²) in [5.41, 5.74) is 0. The van der Waals surface area contributed by atoms with Gasteiger partial charge in [-0.05, 0) is 37.1 Å². The fraction of sp³-hybridized carbons (Fsp3) is 0.500. The first-order valence-corrected chi connectivity index (χ1v) is 7.62. The lowest BCUT2D eigenvalue weighted by Crippen LogP contribution is -2.43. The van der Waals surface area contributed by atoms with Crippen molar-refractivity contribution >= 4 is 10.0 Å². The maximum atomic E-state index is 13.8. The van der Waals surface area contributed by atoms with E-state index in [2.05, 4.69) is 5.32 Å². The van der Waals surface area contributed by atoms with Crippen LogP contribution in [0.2, 0.25) is 0 Å². The quantitative estimate of drug-likeness (QED) is 0.864. The number of halogens is 1. The van der Waals surface area contributed by atoms with Crippen LogP contribution in [0.25, 0.3) is 0 Å². The molecule has 1 aliphatic rings. The third-order valence-electron chi connectivity index (χ3n) is 3.27. The minimum Gasteiger partial charge on any atom is -0.486 e. The van der Waals surface area contributed by atoms with Crippen molar-refractivity contribution in [1.82, 2.24) is 5.32 Å². The Kier molecular flexibility index (Phi) is 4.07. The number of piperidine rings is 1. The number of primary sulfonamides is 1. The lowest BCUT2D eigenvalue weighted by atomic mass is 9.97. The summed E-state index contributed by atoms with van der Waals surface area (Å²) in [6.45, 7) is 3.62. The van der Waals surface area contributed by atoms with Crippen LogP contribution in [-0.2, 0) is 10.0 Å². The molecule has 5 nitrogen and oxygen atoms in total. The first-order valence-electron chi connectivity index (χ1n) is 6.07. The molecule has 7 heteroatoms. The predicted octanol–water partition coefficient (Wildman–Crippen LogP) is 0.850. The number of hydrogen-bond donors (Lipinski definition) is 2. The largest absolute Gasteiger partial charge is 0.486 e. The molecule has 0 aliphatic carbocycles. The lowest BCUT2D eigenvalue weighted by Gasteiger charge is -2.30. The normalized spacial score (nSPS) is 24.2. The zero-order valence-electron chi connectivity index (χ0n) is 10.6. The molecule has 3 N–H and O–H groups in total. The summed E-state index contributed by atoms with van der Waals surface area (Å²) in [4.78, 5) is -0.257. The Morgan fingerprint density at radius 3 is 2.79 bits per heavy atom. The number of nitrogens with two attached hydrogens (primary N) is 1. The van der Waals surface area contributed by atoms with E-state index in [1.807, 2.05) is 6.92 Å². The van der Waals surface area contributed by atoms with Gasteiger partial charge in [-0.3, -0.25) is 0 Å². The van der Waals surface area contributed by atoms with Gasteiger partial charge in [0.05, 0.1) is 4.90 Å². The van der Waals surface area contributed by atoms with Gasteiger partial charge in [0.2, 0.25) is 10.0 Å². The minimum atomic E-state index is -3.89. The Morgan fingerprint density at radius 2 is 2.21 bits per heavy atom. The molecule has 0 amide bonds. The van der Waals surface area contributed by atoms with Crippen LogP contribution in [0.15, 0.2) is 23.1 Å². The standard InChI is InChI=1S/C12H17FN2O3S/c1-8-4-5-15-7-12(8)18-11-3-2-9(6-10(11)13)19(14,16)17/h2-3,6,8,12,15H,4-5,7H2,1H3,(H2,14,16,17). The monoisotopic (exact) mass is 288 g/mol. The number of nitrogens with one attached hydrogen (secondary N) is 1. The van der Waals surface area contributed by atoms with Crippen molar-refractivity contribution in [3.05, 3.63) is 24.0 Å². The molecule has 1 aromatic rings. The van der Waals surface area contributed by atoms with Crippen LogP contribution in [0.1, 0.15) is 13.3 Å². The molecule has 1 heterocycles. The van der Waals surface area contributed by atoms with Crippen molar-refractivity contribution < 1.29 is 17.5 Å². The van der Waals surface area contributed by atoms with Crippen molar-refractivity contribution in [2.45, 2.75) is 24.3 Å². The van der Waals surface area contributed by atoms with Crippen LogP contribution >= 0.6 is 0 Å². The first-order chi connectivity index (χ1) is 8.88. The van der Waals surface area contributed by atoms with E-state index in [1.165, 1.54) is 12.1 Å². The van der Waals surface area contributed by atoms with Gasteiger partial charge in [0.15, 0.2) is 11.6 Å². The van der Waals surface area contributed by atoms with Crippen molar-refractivity contribution in [2.75, 3.05) is 13.1 Å². The third kappa shape index (κ3) is 3.43. The summed E-state index contributed by atoms with van der Waals surface area (Å²) in [5.74, 6) is -0.351. The van der Waals surface area contributed by atoms with E-state index in [0.29, 0.717) is 12.5 Å². The van der Waals surface area contributed by atoms with Gasteiger partial charge >= 0.3 is 0 Å². The Balaban J connectivity index is 2.17. The number of ether oxygens (including phenoxy) is 1. The number of hydrogen-bond acceptors (Lipinski definition) is 4. The molecule has 19 heavy (non-hydrogen) atoms. The van der Waals surface area contributed by atoms with Gasteiger partial charge in [0.25, 0.3) is 0 Å². The lowest BCUT2D eigenvalue weighted by molar-refractivity contribution is 0.110. The molecule has 0 saturated carbocycles. The van der Waals surface area contributed by atoms with Crippen LogP contribution in [0.3, 0.4) is 0 Å². The average molecular weight is 288 g/mol. The average Bonchev–Trinajstić information content (AvgIpc) is 2.33. The van der Waals surface area contributed by atoms with Crippen molar-refractivity contribution in [2.24, 2.45) is 11.1 Å². The minimum absolute atomic E-state index is 0.0490. The summed E-state index contributed by atoms with van der Waals surface area (Å²) in [6.07, 6.45) is 0.838. The summed E-state index contributed by atoms with van der Waals surface area (Å²) in [7, 11) is -3.89. The molecule has 0 spiro atoms. The SMILES string of the molecule is CC1CCNCC1Oc1ccc(S(N)(=O)=O)cc1F. The Bertz CT molecular complexity index is 562. The fourth-order valence-corrected chi connectivity index (χ4v) is 2.56. The number of sulfonamides is 1. The van der Waals surface area contributed by atoms with Crippen LogP contribution < -0.4 is 15.2 Å². The van der Waals surface area contributed by atoms with E-state index in [4.69, 9.17) is 9.88 Å². The van der Waals surface area contributed by atoms with Gasteiger partial charge < -0.3 is 10.1 Å². The molecule has 1 aliphatic heterocycles. The zero-order chi connectivity index (χ0) is 14.0.